The van der Waals surface area contributed by atoms with E-state index in [1.807, 2.05) is 20.0 Å². The summed E-state index contributed by atoms with van der Waals surface area (Å²) in [5.74, 6) is 0.887. The van der Waals surface area contributed by atoms with Crippen LogP contribution in [-0.2, 0) is 11.2 Å². The average Bonchev–Trinajstić information content (AvgIpc) is 2.68. The summed E-state index contributed by atoms with van der Waals surface area (Å²) in [6.07, 6.45) is 0.754. The lowest BCUT2D eigenvalue weighted by Crippen LogP contribution is -2.55. The summed E-state index contributed by atoms with van der Waals surface area (Å²) in [4.78, 5) is 22.5. The Morgan fingerprint density at radius 3 is 2.32 bits per heavy atom. The highest BCUT2D eigenvalue weighted by atomic mass is 127. The molecule has 0 radical (unpaired) electrons. The molecule has 0 bridgehead atoms. The van der Waals surface area contributed by atoms with E-state index >= 15 is 0 Å². The first kappa shape index (κ1) is 24.5. The summed E-state index contributed by atoms with van der Waals surface area (Å²) in [6.45, 7) is 5.87. The van der Waals surface area contributed by atoms with Crippen molar-refractivity contribution >= 4 is 36.0 Å². The molecule has 1 atom stereocenters. The van der Waals surface area contributed by atoms with Crippen LogP contribution in [-0.4, -0.2) is 93.3 Å². The summed E-state index contributed by atoms with van der Waals surface area (Å²) in [5.41, 5.74) is 1.33. The number of rotatable bonds is 6. The minimum atomic E-state index is -0.226. The van der Waals surface area contributed by atoms with Gasteiger partial charge in [0.15, 0.2) is 5.96 Å². The fourth-order valence-corrected chi connectivity index (χ4v) is 3.18. The fraction of sp³-hybridized carbons (Fsp3) is 0.600. The van der Waals surface area contributed by atoms with Crippen LogP contribution in [0.5, 0.6) is 0 Å². The molecule has 2 rings (SSSR count). The van der Waals surface area contributed by atoms with E-state index in [1.165, 1.54) is 5.56 Å². The second kappa shape index (κ2) is 12.8. The maximum Gasteiger partial charge on any atom is 0.409 e. The zero-order chi connectivity index (χ0) is 19.6. The molecule has 0 saturated carbocycles. The zero-order valence-electron chi connectivity index (χ0n) is 17.4. The van der Waals surface area contributed by atoms with Crippen molar-refractivity contribution in [3.63, 3.8) is 0 Å². The Balaban J connectivity index is 0.00000392. The number of aliphatic imine (C=N–C) groups is 1. The number of ether oxygens (including phenoxy) is 1. The first-order chi connectivity index (χ1) is 13.0. The lowest BCUT2D eigenvalue weighted by Gasteiger charge is -2.36. The molecule has 1 aliphatic rings. The monoisotopic (exact) mass is 503 g/mol. The van der Waals surface area contributed by atoms with E-state index in [0.717, 1.165) is 32.0 Å². The van der Waals surface area contributed by atoms with Crippen LogP contribution in [0.4, 0.5) is 4.79 Å². The quantitative estimate of drug-likeness (QED) is 0.366. The van der Waals surface area contributed by atoms with Crippen LogP contribution in [0.15, 0.2) is 35.3 Å². The van der Waals surface area contributed by atoms with E-state index in [-0.39, 0.29) is 30.1 Å². The largest absolute Gasteiger partial charge is 0.450 e. The van der Waals surface area contributed by atoms with E-state index in [4.69, 9.17) is 4.74 Å². The first-order valence-corrected chi connectivity index (χ1v) is 9.62. The van der Waals surface area contributed by atoms with E-state index in [0.29, 0.717) is 25.7 Å². The number of halogens is 1. The van der Waals surface area contributed by atoms with Gasteiger partial charge in [-0.2, -0.15) is 0 Å². The summed E-state index contributed by atoms with van der Waals surface area (Å²) in [7, 11) is 6.02. The van der Waals surface area contributed by atoms with Gasteiger partial charge in [0.1, 0.15) is 0 Å². The van der Waals surface area contributed by atoms with Crippen molar-refractivity contribution in [3.8, 4) is 0 Å². The highest BCUT2D eigenvalue weighted by Gasteiger charge is 2.24. The van der Waals surface area contributed by atoms with Gasteiger partial charge >= 0.3 is 6.09 Å². The maximum atomic E-state index is 11.8. The second-order valence-electron chi connectivity index (χ2n) is 6.91. The highest BCUT2D eigenvalue weighted by molar-refractivity contribution is 14.0. The molecule has 1 heterocycles. The van der Waals surface area contributed by atoms with Gasteiger partial charge in [-0.3, -0.25) is 4.99 Å². The Morgan fingerprint density at radius 2 is 1.79 bits per heavy atom. The molecule has 1 fully saturated rings. The maximum absolute atomic E-state index is 11.8. The summed E-state index contributed by atoms with van der Waals surface area (Å²) >= 11 is 0. The molecular formula is C20H34IN5O2. The minimum absolute atomic E-state index is 0. The number of hydrogen-bond donors (Lipinski definition) is 1. The number of carbonyl (C=O) groups is 1. The van der Waals surface area contributed by atoms with Gasteiger partial charge in [-0.1, -0.05) is 30.3 Å². The molecule has 0 aliphatic carbocycles. The number of carbonyl (C=O) groups excluding carboxylic acids is 1. The Bertz CT molecular complexity index is 604. The van der Waals surface area contributed by atoms with Gasteiger partial charge in [0.25, 0.3) is 0 Å². The van der Waals surface area contributed by atoms with Crippen LogP contribution in [0.25, 0.3) is 0 Å². The Hall–Kier alpha value is -1.55. The molecule has 0 aromatic heterocycles. The molecule has 7 nitrogen and oxygen atoms in total. The number of benzene rings is 1. The molecule has 1 saturated heterocycles. The third kappa shape index (κ3) is 7.46. The standard InChI is InChI=1S/C20H33N5O2.HI/c1-5-27-20(26)25-13-11-24(12-14-25)19(21-2)22-16-18(23(3)4)15-17-9-7-6-8-10-17;/h6-10,18H,5,11-16H2,1-4H3,(H,21,22);1H. The van der Waals surface area contributed by atoms with Crippen LogP contribution in [0.1, 0.15) is 12.5 Å². The predicted octanol–water partition coefficient (Wildman–Crippen LogP) is 2.13. The van der Waals surface area contributed by atoms with Gasteiger partial charge in [0, 0.05) is 45.8 Å². The third-order valence-electron chi connectivity index (χ3n) is 4.86. The lowest BCUT2D eigenvalue weighted by molar-refractivity contribution is 0.0914. The van der Waals surface area contributed by atoms with Gasteiger partial charge in [-0.15, -0.1) is 24.0 Å². The number of nitrogens with zero attached hydrogens (tertiary/aromatic N) is 4. The Labute approximate surface area is 186 Å². The summed E-state index contributed by atoms with van der Waals surface area (Å²) in [5, 5.41) is 3.51. The van der Waals surface area contributed by atoms with Crippen molar-refractivity contribution in [1.29, 1.82) is 0 Å². The van der Waals surface area contributed by atoms with Crippen molar-refractivity contribution in [1.82, 2.24) is 20.0 Å². The van der Waals surface area contributed by atoms with Crippen molar-refractivity contribution in [3.05, 3.63) is 35.9 Å². The van der Waals surface area contributed by atoms with E-state index < -0.39 is 0 Å². The average molecular weight is 503 g/mol. The minimum Gasteiger partial charge on any atom is -0.450 e. The van der Waals surface area contributed by atoms with E-state index in [2.05, 4.69) is 58.5 Å². The molecule has 1 aromatic carbocycles. The normalized spacial score (nSPS) is 15.8. The molecular weight excluding hydrogens is 469 g/mol. The topological polar surface area (TPSA) is 60.4 Å². The van der Waals surface area contributed by atoms with Crippen molar-refractivity contribution < 1.29 is 9.53 Å². The van der Waals surface area contributed by atoms with Gasteiger partial charge < -0.3 is 24.8 Å². The van der Waals surface area contributed by atoms with Crippen LogP contribution >= 0.6 is 24.0 Å². The smallest absolute Gasteiger partial charge is 0.409 e. The Morgan fingerprint density at radius 1 is 1.18 bits per heavy atom. The van der Waals surface area contributed by atoms with E-state index in [1.54, 1.807) is 4.90 Å². The van der Waals surface area contributed by atoms with Gasteiger partial charge in [-0.05, 0) is 33.0 Å². The molecule has 158 valence electrons. The number of likely N-dealkylation sites (N-methyl/N-ethyl adjacent to an activating group) is 1. The van der Waals surface area contributed by atoms with Crippen LogP contribution in [0.3, 0.4) is 0 Å². The van der Waals surface area contributed by atoms with Crippen LogP contribution < -0.4 is 5.32 Å². The molecule has 1 N–H and O–H groups in total. The Kier molecular flexibility index (Phi) is 11.2. The van der Waals surface area contributed by atoms with Gasteiger partial charge in [-0.25, -0.2) is 4.79 Å². The molecule has 1 amide bonds. The lowest BCUT2D eigenvalue weighted by atomic mass is 10.1. The number of amides is 1. The number of nitrogens with one attached hydrogen (secondary N) is 1. The number of hydrogen-bond acceptors (Lipinski definition) is 4. The third-order valence-corrected chi connectivity index (χ3v) is 4.86. The van der Waals surface area contributed by atoms with Gasteiger partial charge in [0.05, 0.1) is 6.61 Å². The molecule has 28 heavy (non-hydrogen) atoms. The number of piperazine rings is 1. The molecule has 1 unspecified atom stereocenters. The molecule has 0 spiro atoms. The van der Waals surface area contributed by atoms with Crippen molar-refractivity contribution in [2.45, 2.75) is 19.4 Å². The summed E-state index contributed by atoms with van der Waals surface area (Å²) < 4.78 is 5.08. The van der Waals surface area contributed by atoms with E-state index in [9.17, 15) is 4.79 Å². The molecule has 8 heteroatoms. The van der Waals surface area contributed by atoms with Crippen LogP contribution in [0.2, 0.25) is 0 Å². The SMILES string of the molecule is CCOC(=O)N1CCN(C(=NC)NCC(Cc2ccccc2)N(C)C)CC1.I. The zero-order valence-corrected chi connectivity index (χ0v) is 19.8. The van der Waals surface area contributed by atoms with Crippen molar-refractivity contribution in [2.75, 3.05) is 60.5 Å². The second-order valence-corrected chi connectivity index (χ2v) is 6.91. The van der Waals surface area contributed by atoms with Crippen molar-refractivity contribution in [2.24, 2.45) is 4.99 Å². The fourth-order valence-electron chi connectivity index (χ4n) is 3.18. The molecule has 1 aliphatic heterocycles. The predicted molar refractivity (Wildman–Crippen MR) is 125 cm³/mol. The number of guanidine groups is 1. The first-order valence-electron chi connectivity index (χ1n) is 9.62. The summed E-state index contributed by atoms with van der Waals surface area (Å²) in [6, 6.07) is 10.9. The van der Waals surface area contributed by atoms with Gasteiger partial charge in [0.2, 0.25) is 0 Å². The van der Waals surface area contributed by atoms with Crippen LogP contribution in [0, 0.1) is 0 Å². The highest BCUT2D eigenvalue weighted by Crippen LogP contribution is 2.08. The molecule has 1 aromatic rings.